The lowest BCUT2D eigenvalue weighted by atomic mass is 9.85. The molecule has 0 atom stereocenters. The van der Waals surface area contributed by atoms with Crippen LogP contribution in [0.15, 0.2) is 24.3 Å². The Balaban J connectivity index is 2.00. The first-order valence-electron chi connectivity index (χ1n) is 6.23. The molecule has 2 nitrogen and oxygen atoms in total. The standard InChI is InChI=1S/C14H19NO/c1-2-16-12-6-4-3-5-11(12)13(7-8-13)14(15)9-10-14/h3-6H,2,7-10,15H2,1H3. The molecule has 0 bridgehead atoms. The highest BCUT2D eigenvalue weighted by atomic mass is 16.5. The molecule has 0 radical (unpaired) electrons. The molecule has 0 amide bonds. The predicted octanol–water partition coefficient (Wildman–Crippen LogP) is 2.61. The van der Waals surface area contributed by atoms with Gasteiger partial charge < -0.3 is 10.5 Å². The van der Waals surface area contributed by atoms with Crippen LogP contribution in [0.4, 0.5) is 0 Å². The minimum Gasteiger partial charge on any atom is -0.494 e. The van der Waals surface area contributed by atoms with Crippen molar-refractivity contribution in [1.82, 2.24) is 0 Å². The van der Waals surface area contributed by atoms with E-state index in [1.807, 2.05) is 13.0 Å². The summed E-state index contributed by atoms with van der Waals surface area (Å²) in [6.45, 7) is 2.76. The molecule has 1 aromatic carbocycles. The molecule has 2 N–H and O–H groups in total. The second kappa shape index (κ2) is 3.24. The van der Waals surface area contributed by atoms with Crippen molar-refractivity contribution in [2.24, 2.45) is 5.73 Å². The second-order valence-electron chi connectivity index (χ2n) is 5.17. The van der Waals surface area contributed by atoms with Gasteiger partial charge in [0.25, 0.3) is 0 Å². The molecule has 1 aromatic rings. The Morgan fingerprint density at radius 3 is 2.44 bits per heavy atom. The van der Waals surface area contributed by atoms with E-state index in [0.717, 1.165) is 12.4 Å². The number of nitrogens with two attached hydrogens (primary N) is 1. The van der Waals surface area contributed by atoms with Gasteiger partial charge in [0.05, 0.1) is 6.61 Å². The summed E-state index contributed by atoms with van der Waals surface area (Å²) in [6.07, 6.45) is 4.81. The maximum atomic E-state index is 6.43. The van der Waals surface area contributed by atoms with E-state index in [1.165, 1.54) is 31.2 Å². The maximum absolute atomic E-state index is 6.43. The first kappa shape index (κ1) is 10.2. The summed E-state index contributed by atoms with van der Waals surface area (Å²) in [5.41, 5.74) is 8.08. The molecule has 16 heavy (non-hydrogen) atoms. The van der Waals surface area contributed by atoms with Crippen LogP contribution >= 0.6 is 0 Å². The van der Waals surface area contributed by atoms with Crippen LogP contribution in [0.25, 0.3) is 0 Å². The van der Waals surface area contributed by atoms with Crippen molar-refractivity contribution in [3.63, 3.8) is 0 Å². The van der Waals surface area contributed by atoms with Crippen LogP contribution < -0.4 is 10.5 Å². The highest BCUT2D eigenvalue weighted by Gasteiger charge is 2.64. The molecule has 2 saturated carbocycles. The number of rotatable bonds is 4. The molecule has 0 aliphatic heterocycles. The lowest BCUT2D eigenvalue weighted by molar-refractivity contribution is 0.328. The molecular formula is C14H19NO. The van der Waals surface area contributed by atoms with Gasteiger partial charge in [-0.25, -0.2) is 0 Å². The zero-order valence-corrected chi connectivity index (χ0v) is 9.83. The number of para-hydroxylation sites is 1. The Hall–Kier alpha value is -1.02. The van der Waals surface area contributed by atoms with Crippen LogP contribution in [-0.2, 0) is 5.41 Å². The van der Waals surface area contributed by atoms with Crippen molar-refractivity contribution >= 4 is 0 Å². The van der Waals surface area contributed by atoms with E-state index in [9.17, 15) is 0 Å². The molecule has 2 aliphatic carbocycles. The smallest absolute Gasteiger partial charge is 0.123 e. The molecule has 0 heterocycles. The molecule has 0 saturated heterocycles. The highest BCUT2D eigenvalue weighted by Crippen LogP contribution is 2.65. The van der Waals surface area contributed by atoms with E-state index < -0.39 is 0 Å². The van der Waals surface area contributed by atoms with E-state index >= 15 is 0 Å². The lowest BCUT2D eigenvalue weighted by Crippen LogP contribution is -2.37. The van der Waals surface area contributed by atoms with Crippen molar-refractivity contribution in [2.45, 2.75) is 43.6 Å². The highest BCUT2D eigenvalue weighted by molar-refractivity contribution is 5.48. The van der Waals surface area contributed by atoms with Gasteiger partial charge in [0.1, 0.15) is 5.75 Å². The van der Waals surface area contributed by atoms with Crippen LogP contribution in [0, 0.1) is 0 Å². The maximum Gasteiger partial charge on any atom is 0.123 e. The molecule has 0 spiro atoms. The largest absolute Gasteiger partial charge is 0.494 e. The van der Waals surface area contributed by atoms with Crippen molar-refractivity contribution in [1.29, 1.82) is 0 Å². The summed E-state index contributed by atoms with van der Waals surface area (Å²) in [4.78, 5) is 0. The monoisotopic (exact) mass is 217 g/mol. The SMILES string of the molecule is CCOc1ccccc1C1(C2(N)CC2)CC1. The van der Waals surface area contributed by atoms with Gasteiger partial charge in [-0.3, -0.25) is 0 Å². The van der Waals surface area contributed by atoms with Crippen LogP contribution in [0.2, 0.25) is 0 Å². The summed E-state index contributed by atoms with van der Waals surface area (Å²) in [5, 5.41) is 0. The minimum absolute atomic E-state index is 0.0696. The van der Waals surface area contributed by atoms with E-state index in [-0.39, 0.29) is 11.0 Å². The molecular weight excluding hydrogens is 198 g/mol. The van der Waals surface area contributed by atoms with Gasteiger partial charge in [-0.15, -0.1) is 0 Å². The topological polar surface area (TPSA) is 35.2 Å². The Morgan fingerprint density at radius 1 is 1.19 bits per heavy atom. The summed E-state index contributed by atoms with van der Waals surface area (Å²) in [5.74, 6) is 1.04. The van der Waals surface area contributed by atoms with E-state index in [1.54, 1.807) is 0 Å². The van der Waals surface area contributed by atoms with Gasteiger partial charge in [-0.1, -0.05) is 18.2 Å². The van der Waals surface area contributed by atoms with Crippen LogP contribution in [-0.4, -0.2) is 12.1 Å². The molecule has 2 fully saturated rings. The lowest BCUT2D eigenvalue weighted by Gasteiger charge is -2.25. The Labute approximate surface area is 96.8 Å². The second-order valence-corrected chi connectivity index (χ2v) is 5.17. The van der Waals surface area contributed by atoms with Crippen molar-refractivity contribution in [2.75, 3.05) is 6.61 Å². The fourth-order valence-electron chi connectivity index (χ4n) is 2.92. The van der Waals surface area contributed by atoms with Crippen molar-refractivity contribution < 1.29 is 4.74 Å². The number of ether oxygens (including phenoxy) is 1. The fraction of sp³-hybridized carbons (Fsp3) is 0.571. The van der Waals surface area contributed by atoms with Crippen LogP contribution in [0.5, 0.6) is 5.75 Å². The summed E-state index contributed by atoms with van der Waals surface area (Å²) in [6, 6.07) is 8.42. The van der Waals surface area contributed by atoms with Gasteiger partial charge in [0.15, 0.2) is 0 Å². The summed E-state index contributed by atoms with van der Waals surface area (Å²) in [7, 11) is 0. The van der Waals surface area contributed by atoms with Gasteiger partial charge in [-0.2, -0.15) is 0 Å². The molecule has 0 unspecified atom stereocenters. The van der Waals surface area contributed by atoms with E-state index in [2.05, 4.69) is 18.2 Å². The number of benzene rings is 1. The minimum atomic E-state index is 0.0696. The Morgan fingerprint density at radius 2 is 1.88 bits per heavy atom. The summed E-state index contributed by atoms with van der Waals surface area (Å²) < 4.78 is 5.73. The molecule has 3 rings (SSSR count). The zero-order valence-electron chi connectivity index (χ0n) is 9.83. The van der Waals surface area contributed by atoms with Gasteiger partial charge >= 0.3 is 0 Å². The van der Waals surface area contributed by atoms with Crippen molar-refractivity contribution in [3.05, 3.63) is 29.8 Å². The fourth-order valence-corrected chi connectivity index (χ4v) is 2.92. The van der Waals surface area contributed by atoms with E-state index in [4.69, 9.17) is 10.5 Å². The zero-order chi connectivity index (χ0) is 11.2. The molecule has 0 aromatic heterocycles. The normalized spacial score (nSPS) is 23.9. The van der Waals surface area contributed by atoms with Crippen LogP contribution in [0.3, 0.4) is 0 Å². The third-order valence-corrected chi connectivity index (χ3v) is 4.19. The Bertz CT molecular complexity index is 405. The predicted molar refractivity (Wildman–Crippen MR) is 64.7 cm³/mol. The average molecular weight is 217 g/mol. The first-order chi connectivity index (χ1) is 7.72. The summed E-state index contributed by atoms with van der Waals surface area (Å²) >= 11 is 0. The molecule has 86 valence electrons. The van der Waals surface area contributed by atoms with Crippen LogP contribution in [0.1, 0.15) is 38.2 Å². The van der Waals surface area contributed by atoms with Gasteiger partial charge in [-0.05, 0) is 38.7 Å². The van der Waals surface area contributed by atoms with Gasteiger partial charge in [0, 0.05) is 16.5 Å². The number of hydrogen-bond acceptors (Lipinski definition) is 2. The first-order valence-corrected chi connectivity index (χ1v) is 6.23. The van der Waals surface area contributed by atoms with Gasteiger partial charge in [0.2, 0.25) is 0 Å². The number of hydrogen-bond donors (Lipinski definition) is 1. The quantitative estimate of drug-likeness (QED) is 0.841. The van der Waals surface area contributed by atoms with Crippen molar-refractivity contribution in [3.8, 4) is 5.75 Å². The molecule has 2 aliphatic rings. The van der Waals surface area contributed by atoms with E-state index in [0.29, 0.717) is 0 Å². The third-order valence-electron chi connectivity index (χ3n) is 4.19. The average Bonchev–Trinajstić information content (AvgIpc) is 3.15. The molecule has 2 heteroatoms. The third kappa shape index (κ3) is 1.29. The Kier molecular flexibility index (Phi) is 2.05.